The minimum Gasteiger partial charge on any atom is -0.338 e. The number of amides is 2. The molecule has 0 spiro atoms. The molecule has 1 aliphatic carbocycles. The summed E-state index contributed by atoms with van der Waals surface area (Å²) in [5, 5.41) is 10.7. The first-order chi connectivity index (χ1) is 11.6. The van der Waals surface area contributed by atoms with E-state index < -0.39 is 0 Å². The Bertz CT molecular complexity index is 681. The average Bonchev–Trinajstić information content (AvgIpc) is 2.91. The maximum Gasteiger partial charge on any atom is 0.315 e. The van der Waals surface area contributed by atoms with Crippen molar-refractivity contribution in [2.75, 3.05) is 6.54 Å². The highest BCUT2D eigenvalue weighted by atomic mass is 35.5. The van der Waals surface area contributed by atoms with Crippen LogP contribution in [0.2, 0.25) is 5.02 Å². The summed E-state index contributed by atoms with van der Waals surface area (Å²) < 4.78 is 1.71. The lowest BCUT2D eigenvalue weighted by Crippen LogP contribution is -2.42. The van der Waals surface area contributed by atoms with E-state index in [1.165, 1.54) is 12.7 Å². The highest BCUT2D eigenvalue weighted by Gasteiger charge is 2.29. The van der Waals surface area contributed by atoms with E-state index in [9.17, 15) is 4.79 Å². The van der Waals surface area contributed by atoms with Crippen molar-refractivity contribution >= 4 is 17.6 Å². The normalized spacial score (nSPS) is 15.6. The molecule has 6 nitrogen and oxygen atoms in total. The summed E-state index contributed by atoms with van der Waals surface area (Å²) in [5.41, 5.74) is 1.10. The number of nitrogens with zero attached hydrogens (tertiary/aromatic N) is 3. The van der Waals surface area contributed by atoms with E-state index >= 15 is 0 Å². The summed E-state index contributed by atoms with van der Waals surface area (Å²) in [5.74, 6) is 1.35. The Labute approximate surface area is 146 Å². The third-order valence-corrected chi connectivity index (χ3v) is 4.83. The number of hydrogen-bond acceptors (Lipinski definition) is 3. The van der Waals surface area contributed by atoms with Crippen LogP contribution in [0.3, 0.4) is 0 Å². The van der Waals surface area contributed by atoms with Gasteiger partial charge in [0.2, 0.25) is 0 Å². The minimum absolute atomic E-state index is 0.0332. The second-order valence-electron chi connectivity index (χ2n) is 6.17. The lowest BCUT2D eigenvalue weighted by Gasteiger charge is -2.34. The van der Waals surface area contributed by atoms with Crippen LogP contribution >= 0.6 is 11.6 Å². The Morgan fingerprint density at radius 1 is 1.38 bits per heavy atom. The molecule has 1 aromatic carbocycles. The zero-order valence-corrected chi connectivity index (χ0v) is 14.5. The van der Waals surface area contributed by atoms with E-state index in [4.69, 9.17) is 11.6 Å². The van der Waals surface area contributed by atoms with Crippen LogP contribution in [0.25, 0.3) is 0 Å². The molecule has 1 fully saturated rings. The SMILES string of the molecule is Cn1ncnc1CCNC(=O)NC(c1ccc(Cl)cc1)C1CCC1. The molecule has 2 amide bonds. The van der Waals surface area contributed by atoms with Crippen LogP contribution in [0.5, 0.6) is 0 Å². The molecule has 2 aromatic rings. The van der Waals surface area contributed by atoms with Gasteiger partial charge in [-0.3, -0.25) is 4.68 Å². The predicted molar refractivity (Wildman–Crippen MR) is 92.8 cm³/mol. The van der Waals surface area contributed by atoms with Crippen molar-refractivity contribution in [2.45, 2.75) is 31.7 Å². The van der Waals surface area contributed by atoms with E-state index in [0.717, 1.165) is 24.2 Å². The summed E-state index contributed by atoms with van der Waals surface area (Å²) in [6.07, 6.45) is 5.69. The summed E-state index contributed by atoms with van der Waals surface area (Å²) in [7, 11) is 1.84. The number of rotatable bonds is 6. The number of nitrogens with one attached hydrogen (secondary N) is 2. The second-order valence-corrected chi connectivity index (χ2v) is 6.61. The van der Waals surface area contributed by atoms with Crippen molar-refractivity contribution in [1.82, 2.24) is 25.4 Å². The first-order valence-electron chi connectivity index (χ1n) is 8.26. The molecule has 1 aliphatic rings. The van der Waals surface area contributed by atoms with Gasteiger partial charge in [-0.2, -0.15) is 5.10 Å². The van der Waals surface area contributed by atoms with Gasteiger partial charge in [0.05, 0.1) is 6.04 Å². The Hall–Kier alpha value is -2.08. The van der Waals surface area contributed by atoms with Crippen LogP contribution < -0.4 is 10.6 Å². The molecular weight excluding hydrogens is 326 g/mol. The van der Waals surface area contributed by atoms with Crippen molar-refractivity contribution in [1.29, 1.82) is 0 Å². The van der Waals surface area contributed by atoms with Crippen LogP contribution in [0.4, 0.5) is 4.79 Å². The van der Waals surface area contributed by atoms with E-state index in [-0.39, 0.29) is 12.1 Å². The van der Waals surface area contributed by atoms with Gasteiger partial charge < -0.3 is 10.6 Å². The Balaban J connectivity index is 1.55. The van der Waals surface area contributed by atoms with Crippen LogP contribution in [0.1, 0.15) is 36.7 Å². The Morgan fingerprint density at radius 3 is 2.71 bits per heavy atom. The first-order valence-corrected chi connectivity index (χ1v) is 8.64. The van der Waals surface area contributed by atoms with Crippen LogP contribution in [-0.2, 0) is 13.5 Å². The maximum absolute atomic E-state index is 12.3. The highest BCUT2D eigenvalue weighted by molar-refractivity contribution is 6.30. The molecule has 3 rings (SSSR count). The molecule has 0 saturated heterocycles. The van der Waals surface area contributed by atoms with Gasteiger partial charge in [0.25, 0.3) is 0 Å². The van der Waals surface area contributed by atoms with Crippen molar-refractivity contribution in [2.24, 2.45) is 13.0 Å². The van der Waals surface area contributed by atoms with Gasteiger partial charge in [-0.15, -0.1) is 0 Å². The zero-order valence-electron chi connectivity index (χ0n) is 13.7. The largest absolute Gasteiger partial charge is 0.338 e. The zero-order chi connectivity index (χ0) is 16.9. The summed E-state index contributed by atoms with van der Waals surface area (Å²) >= 11 is 5.97. The molecule has 1 unspecified atom stereocenters. The van der Waals surface area contributed by atoms with Gasteiger partial charge in [0.1, 0.15) is 12.2 Å². The van der Waals surface area contributed by atoms with Gasteiger partial charge in [0.15, 0.2) is 0 Å². The van der Waals surface area contributed by atoms with E-state index in [2.05, 4.69) is 20.7 Å². The molecule has 24 heavy (non-hydrogen) atoms. The number of benzene rings is 1. The van der Waals surface area contributed by atoms with Crippen molar-refractivity contribution in [3.63, 3.8) is 0 Å². The number of aryl methyl sites for hydroxylation is 1. The molecule has 1 aromatic heterocycles. The molecule has 0 aliphatic heterocycles. The maximum atomic E-state index is 12.3. The van der Waals surface area contributed by atoms with Crippen LogP contribution in [0.15, 0.2) is 30.6 Å². The average molecular weight is 348 g/mol. The molecule has 2 N–H and O–H groups in total. The predicted octanol–water partition coefficient (Wildman–Crippen LogP) is 2.85. The fourth-order valence-corrected chi connectivity index (χ4v) is 3.07. The lowest BCUT2D eigenvalue weighted by atomic mass is 9.77. The van der Waals surface area contributed by atoms with Crippen LogP contribution in [0, 0.1) is 5.92 Å². The fourth-order valence-electron chi connectivity index (χ4n) is 2.94. The van der Waals surface area contributed by atoms with Crippen molar-refractivity contribution in [3.8, 4) is 0 Å². The van der Waals surface area contributed by atoms with E-state index in [0.29, 0.717) is 23.9 Å². The molecule has 0 bridgehead atoms. The molecule has 1 heterocycles. The topological polar surface area (TPSA) is 71.8 Å². The quantitative estimate of drug-likeness (QED) is 0.844. The Kier molecular flexibility index (Phi) is 5.35. The fraction of sp³-hybridized carbons (Fsp3) is 0.471. The summed E-state index contributed by atoms with van der Waals surface area (Å²) in [6.45, 7) is 0.524. The molecule has 1 saturated carbocycles. The number of hydrogen-bond donors (Lipinski definition) is 2. The van der Waals surface area contributed by atoms with E-state index in [1.807, 2.05) is 31.3 Å². The highest BCUT2D eigenvalue weighted by Crippen LogP contribution is 2.37. The third-order valence-electron chi connectivity index (χ3n) is 4.58. The van der Waals surface area contributed by atoms with E-state index in [1.54, 1.807) is 4.68 Å². The number of halogens is 1. The minimum atomic E-state index is -0.149. The van der Waals surface area contributed by atoms with Gasteiger partial charge in [-0.1, -0.05) is 30.2 Å². The number of carbonyl (C=O) groups is 1. The number of urea groups is 1. The first kappa shape index (κ1) is 16.8. The summed E-state index contributed by atoms with van der Waals surface area (Å²) in [4.78, 5) is 16.4. The Morgan fingerprint density at radius 2 is 2.12 bits per heavy atom. The molecule has 128 valence electrons. The second kappa shape index (κ2) is 7.66. The van der Waals surface area contributed by atoms with Gasteiger partial charge in [0, 0.05) is 25.0 Å². The standard InChI is InChI=1S/C17H22ClN5O/c1-23-15(20-11-21-23)9-10-19-17(24)22-16(12-3-2-4-12)13-5-7-14(18)8-6-13/h5-8,11-12,16H,2-4,9-10H2,1H3,(H2,19,22,24). The third kappa shape index (κ3) is 4.06. The molecule has 1 atom stereocenters. The number of aromatic nitrogens is 3. The number of carbonyl (C=O) groups excluding carboxylic acids is 1. The molecule has 0 radical (unpaired) electrons. The van der Waals surface area contributed by atoms with Gasteiger partial charge in [-0.25, -0.2) is 9.78 Å². The van der Waals surface area contributed by atoms with Crippen molar-refractivity contribution < 1.29 is 4.79 Å². The van der Waals surface area contributed by atoms with Crippen LogP contribution in [-0.4, -0.2) is 27.3 Å². The summed E-state index contributed by atoms with van der Waals surface area (Å²) in [6, 6.07) is 7.61. The monoisotopic (exact) mass is 347 g/mol. The van der Waals surface area contributed by atoms with Crippen molar-refractivity contribution in [3.05, 3.63) is 47.0 Å². The molecular formula is C17H22ClN5O. The molecule has 7 heteroatoms. The lowest BCUT2D eigenvalue weighted by molar-refractivity contribution is 0.208. The van der Waals surface area contributed by atoms with Gasteiger partial charge >= 0.3 is 6.03 Å². The van der Waals surface area contributed by atoms with Gasteiger partial charge in [-0.05, 0) is 36.5 Å². The smallest absolute Gasteiger partial charge is 0.315 e.